The minimum atomic E-state index is -1.26. The van der Waals surface area contributed by atoms with Gasteiger partial charge in [-0.25, -0.2) is 4.39 Å². The van der Waals surface area contributed by atoms with Gasteiger partial charge in [-0.1, -0.05) is 6.92 Å². The summed E-state index contributed by atoms with van der Waals surface area (Å²) in [7, 11) is 1.56. The third kappa shape index (κ3) is 8.31. The molecule has 5 nitrogen and oxygen atoms in total. The van der Waals surface area contributed by atoms with Crippen LogP contribution in [0.4, 0.5) is 4.39 Å². The van der Waals surface area contributed by atoms with Crippen molar-refractivity contribution in [2.45, 2.75) is 39.4 Å². The highest BCUT2D eigenvalue weighted by atomic mass is 19.1. The molecule has 0 aromatic rings. The van der Waals surface area contributed by atoms with Crippen molar-refractivity contribution in [3.8, 4) is 0 Å². The van der Waals surface area contributed by atoms with E-state index in [0.717, 1.165) is 0 Å². The number of hydrogen-bond donors (Lipinski definition) is 2. The molecule has 2 unspecified atom stereocenters. The lowest BCUT2D eigenvalue weighted by Crippen LogP contribution is -2.37. The smallest absolute Gasteiger partial charge is 0.241 e. The van der Waals surface area contributed by atoms with E-state index in [4.69, 9.17) is 10.5 Å². The van der Waals surface area contributed by atoms with Crippen LogP contribution >= 0.6 is 0 Å². The molecule has 0 rings (SSSR count). The fourth-order valence-electron chi connectivity index (χ4n) is 1.35. The number of halogens is 1. The number of nitrogens with one attached hydrogen (secondary N) is 1. The number of allylic oxidation sites excluding steroid dienone is 2. The largest absolute Gasteiger partial charge is 0.402 e. The van der Waals surface area contributed by atoms with Crippen molar-refractivity contribution >= 4 is 11.6 Å². The third-order valence-electron chi connectivity index (χ3n) is 2.38. The highest BCUT2D eigenvalue weighted by molar-refractivity contribution is 5.99. The summed E-state index contributed by atoms with van der Waals surface area (Å²) in [5, 5.41) is 2.70. The Morgan fingerprint density at radius 3 is 2.63 bits per heavy atom. The maximum Gasteiger partial charge on any atom is 0.241 e. The topological polar surface area (TPSA) is 76.7 Å². The van der Waals surface area contributed by atoms with Crippen LogP contribution in [-0.2, 0) is 9.53 Å². The molecule has 0 saturated heterocycles. The highest BCUT2D eigenvalue weighted by Crippen LogP contribution is 2.00. The van der Waals surface area contributed by atoms with Crippen LogP contribution in [0, 0.1) is 0 Å². The molecule has 0 aliphatic carbocycles. The van der Waals surface area contributed by atoms with Crippen molar-refractivity contribution in [1.82, 2.24) is 5.32 Å². The van der Waals surface area contributed by atoms with Gasteiger partial charge >= 0.3 is 0 Å². The number of rotatable bonds is 8. The van der Waals surface area contributed by atoms with Crippen molar-refractivity contribution in [3.05, 3.63) is 11.8 Å². The number of nitrogens with zero attached hydrogens (tertiary/aromatic N) is 1. The lowest BCUT2D eigenvalue weighted by Gasteiger charge is -2.12. The van der Waals surface area contributed by atoms with E-state index >= 15 is 0 Å². The Morgan fingerprint density at radius 1 is 1.53 bits per heavy atom. The van der Waals surface area contributed by atoms with Crippen molar-refractivity contribution in [2.75, 3.05) is 20.3 Å². The van der Waals surface area contributed by atoms with E-state index in [-0.39, 0.29) is 24.2 Å². The van der Waals surface area contributed by atoms with Crippen LogP contribution in [0.2, 0.25) is 0 Å². The number of amides is 1. The highest BCUT2D eigenvalue weighted by Gasteiger charge is 2.09. The Bertz CT molecular complexity index is 341. The van der Waals surface area contributed by atoms with E-state index in [2.05, 4.69) is 10.3 Å². The maximum absolute atomic E-state index is 13.3. The van der Waals surface area contributed by atoms with Gasteiger partial charge in [0.2, 0.25) is 5.91 Å². The number of aliphatic imine (C=N–C) groups is 1. The molecule has 0 aliphatic heterocycles. The molecule has 0 heterocycles. The monoisotopic (exact) mass is 273 g/mol. The van der Waals surface area contributed by atoms with Gasteiger partial charge in [0.25, 0.3) is 0 Å². The standard InChI is InChI=1S/C13H24FN3O2/c1-5-11(15)6-12(10(3)14)16-7-13(18)17-9(2)8-19-4/h6,9-10H,5,7-8,15H2,1-4H3,(H,17,18)/b11-6-,16-12?. The number of carbonyl (C=O) groups excluding carboxylic acids is 1. The summed E-state index contributed by atoms with van der Waals surface area (Å²) in [6.07, 6.45) is 0.841. The van der Waals surface area contributed by atoms with E-state index in [0.29, 0.717) is 18.7 Å². The van der Waals surface area contributed by atoms with Crippen LogP contribution in [0.1, 0.15) is 27.2 Å². The normalized spacial score (nSPS) is 16.1. The first-order chi connectivity index (χ1) is 8.90. The van der Waals surface area contributed by atoms with Crippen LogP contribution in [-0.4, -0.2) is 44.1 Å². The van der Waals surface area contributed by atoms with E-state index in [1.807, 2.05) is 13.8 Å². The van der Waals surface area contributed by atoms with E-state index in [9.17, 15) is 9.18 Å². The summed E-state index contributed by atoms with van der Waals surface area (Å²) in [5.41, 5.74) is 6.36. The molecule has 6 heteroatoms. The van der Waals surface area contributed by atoms with Gasteiger partial charge in [-0.3, -0.25) is 9.79 Å². The first-order valence-corrected chi connectivity index (χ1v) is 6.33. The van der Waals surface area contributed by atoms with E-state index in [1.54, 1.807) is 7.11 Å². The summed E-state index contributed by atoms with van der Waals surface area (Å²) in [6, 6.07) is -0.102. The zero-order valence-electron chi connectivity index (χ0n) is 12.1. The lowest BCUT2D eigenvalue weighted by molar-refractivity contribution is -0.120. The molecule has 0 saturated carbocycles. The van der Waals surface area contributed by atoms with Crippen molar-refractivity contribution in [1.29, 1.82) is 0 Å². The zero-order valence-corrected chi connectivity index (χ0v) is 12.1. The van der Waals surface area contributed by atoms with Crippen LogP contribution in [0.3, 0.4) is 0 Å². The molecule has 0 aromatic heterocycles. The number of hydrogen-bond acceptors (Lipinski definition) is 4. The molecule has 0 bridgehead atoms. The molecule has 19 heavy (non-hydrogen) atoms. The number of nitrogens with two attached hydrogens (primary N) is 1. The summed E-state index contributed by atoms with van der Waals surface area (Å²) < 4.78 is 18.2. The molecular weight excluding hydrogens is 249 g/mol. The maximum atomic E-state index is 13.3. The summed E-state index contributed by atoms with van der Waals surface area (Å²) >= 11 is 0. The Morgan fingerprint density at radius 2 is 2.16 bits per heavy atom. The van der Waals surface area contributed by atoms with Crippen LogP contribution in [0.25, 0.3) is 0 Å². The molecule has 110 valence electrons. The Balaban J connectivity index is 4.50. The zero-order chi connectivity index (χ0) is 14.8. The van der Waals surface area contributed by atoms with Gasteiger partial charge in [0.1, 0.15) is 12.7 Å². The molecule has 0 radical (unpaired) electrons. The Hall–Kier alpha value is -1.43. The van der Waals surface area contributed by atoms with E-state index < -0.39 is 6.17 Å². The fraction of sp³-hybridized carbons (Fsp3) is 0.692. The molecule has 0 spiro atoms. The van der Waals surface area contributed by atoms with Gasteiger partial charge in [-0.15, -0.1) is 0 Å². The Kier molecular flexibility index (Phi) is 8.78. The number of ether oxygens (including phenoxy) is 1. The SMILES string of the molecule is CC/C(N)=C/C(=NCC(=O)NC(C)COC)C(C)F. The molecular formula is C13H24FN3O2. The van der Waals surface area contributed by atoms with E-state index in [1.165, 1.54) is 13.0 Å². The average molecular weight is 273 g/mol. The number of alkyl halides is 1. The van der Waals surface area contributed by atoms with Crippen molar-refractivity contribution in [3.63, 3.8) is 0 Å². The first kappa shape index (κ1) is 17.6. The summed E-state index contributed by atoms with van der Waals surface area (Å²) in [6.45, 7) is 5.35. The minimum absolute atomic E-state index is 0.102. The van der Waals surface area contributed by atoms with Crippen molar-refractivity contribution < 1.29 is 13.9 Å². The lowest BCUT2D eigenvalue weighted by atomic mass is 10.2. The molecule has 0 fully saturated rings. The molecule has 0 aliphatic rings. The van der Waals surface area contributed by atoms with Gasteiger partial charge in [-0.05, 0) is 26.3 Å². The first-order valence-electron chi connectivity index (χ1n) is 6.33. The second-order valence-corrected chi connectivity index (χ2v) is 4.35. The van der Waals surface area contributed by atoms with Crippen LogP contribution in [0.15, 0.2) is 16.8 Å². The predicted molar refractivity (Wildman–Crippen MR) is 74.9 cm³/mol. The number of methoxy groups -OCH3 is 1. The quantitative estimate of drug-likeness (QED) is 0.652. The second-order valence-electron chi connectivity index (χ2n) is 4.35. The third-order valence-corrected chi connectivity index (χ3v) is 2.38. The molecule has 0 aromatic carbocycles. The number of carbonyl (C=O) groups is 1. The van der Waals surface area contributed by atoms with Gasteiger partial charge < -0.3 is 15.8 Å². The average Bonchev–Trinajstić information content (AvgIpc) is 2.33. The molecule has 3 N–H and O–H groups in total. The predicted octanol–water partition coefficient (Wildman–Crippen LogP) is 1.19. The summed E-state index contributed by atoms with van der Waals surface area (Å²) in [4.78, 5) is 15.5. The molecule has 1 amide bonds. The Labute approximate surface area is 114 Å². The minimum Gasteiger partial charge on any atom is -0.402 e. The van der Waals surface area contributed by atoms with Gasteiger partial charge in [0, 0.05) is 18.8 Å². The van der Waals surface area contributed by atoms with Crippen LogP contribution < -0.4 is 11.1 Å². The van der Waals surface area contributed by atoms with Gasteiger partial charge in [0.15, 0.2) is 0 Å². The van der Waals surface area contributed by atoms with Gasteiger partial charge in [0.05, 0.1) is 12.3 Å². The second kappa shape index (κ2) is 9.49. The fourth-order valence-corrected chi connectivity index (χ4v) is 1.35. The van der Waals surface area contributed by atoms with Gasteiger partial charge in [-0.2, -0.15) is 0 Å². The summed E-state index contributed by atoms with van der Waals surface area (Å²) in [5.74, 6) is -0.272. The molecule has 2 atom stereocenters. The van der Waals surface area contributed by atoms with Crippen molar-refractivity contribution in [2.24, 2.45) is 10.7 Å². The van der Waals surface area contributed by atoms with Crippen LogP contribution in [0.5, 0.6) is 0 Å².